The Bertz CT molecular complexity index is 796. The molecule has 0 radical (unpaired) electrons. The Morgan fingerprint density at radius 2 is 0.929 bits per heavy atom. The highest BCUT2D eigenvalue weighted by Crippen LogP contribution is 2.10. The summed E-state index contributed by atoms with van der Waals surface area (Å²) < 4.78 is 11.4. The van der Waals surface area contributed by atoms with Gasteiger partial charge in [0.15, 0.2) is 0 Å². The average molecular weight is 380 g/mol. The summed E-state index contributed by atoms with van der Waals surface area (Å²) in [6.45, 7) is 1.64. The zero-order valence-electron chi connectivity index (χ0n) is 15.6. The quantitative estimate of drug-likeness (QED) is 0.563. The van der Waals surface area contributed by atoms with Gasteiger partial charge < -0.3 is 19.7 Å². The van der Waals surface area contributed by atoms with Crippen molar-refractivity contribution < 1.29 is 19.7 Å². The second kappa shape index (κ2) is 10.6. The molecule has 2 heterocycles. The summed E-state index contributed by atoms with van der Waals surface area (Å²) in [5, 5.41) is 18.2. The van der Waals surface area contributed by atoms with Crippen molar-refractivity contribution in [2.75, 3.05) is 0 Å². The van der Waals surface area contributed by atoms with Crippen molar-refractivity contribution in [1.29, 1.82) is 0 Å². The Balaban J connectivity index is 1.41. The van der Waals surface area contributed by atoms with Crippen LogP contribution in [0, 0.1) is 0 Å². The fourth-order valence-corrected chi connectivity index (χ4v) is 2.67. The lowest BCUT2D eigenvalue weighted by Gasteiger charge is -2.08. The second-order valence-electron chi connectivity index (χ2n) is 6.36. The fourth-order valence-electron chi connectivity index (χ4n) is 2.67. The van der Waals surface area contributed by atoms with Gasteiger partial charge in [0.25, 0.3) is 0 Å². The normalized spacial score (nSPS) is 10.9. The summed E-state index contributed by atoms with van der Waals surface area (Å²) in [4.78, 5) is 8.59. The number of aromatic nitrogens is 2. The van der Waals surface area contributed by atoms with E-state index in [2.05, 4.69) is 9.97 Å². The summed E-state index contributed by atoms with van der Waals surface area (Å²) in [5.41, 5.74) is 5.03. The van der Waals surface area contributed by atoms with Crippen LogP contribution in [0.4, 0.5) is 0 Å². The SMILES string of the molecule is OCc1cccc(COCc2ccc(COCc3cccc(CO)n3)cc2)n1. The van der Waals surface area contributed by atoms with Gasteiger partial charge in [0.05, 0.1) is 62.4 Å². The zero-order valence-corrected chi connectivity index (χ0v) is 15.6. The smallest absolute Gasteiger partial charge is 0.0892 e. The predicted molar refractivity (Wildman–Crippen MR) is 104 cm³/mol. The van der Waals surface area contributed by atoms with E-state index in [1.54, 1.807) is 12.1 Å². The summed E-state index contributed by atoms with van der Waals surface area (Å²) in [6, 6.07) is 19.1. The van der Waals surface area contributed by atoms with E-state index < -0.39 is 0 Å². The lowest BCUT2D eigenvalue weighted by Crippen LogP contribution is -2.00. The molecular weight excluding hydrogens is 356 g/mol. The van der Waals surface area contributed by atoms with Crippen LogP contribution in [0.3, 0.4) is 0 Å². The first kappa shape index (κ1) is 20.1. The van der Waals surface area contributed by atoms with Gasteiger partial charge in [0.1, 0.15) is 0 Å². The molecule has 146 valence electrons. The molecule has 0 aliphatic rings. The minimum absolute atomic E-state index is 0.0691. The molecule has 0 fully saturated rings. The Morgan fingerprint density at radius 3 is 1.32 bits per heavy atom. The van der Waals surface area contributed by atoms with Crippen LogP contribution < -0.4 is 0 Å². The highest BCUT2D eigenvalue weighted by molar-refractivity contribution is 5.21. The fraction of sp³-hybridized carbons (Fsp3) is 0.273. The first-order valence-corrected chi connectivity index (χ1v) is 9.11. The van der Waals surface area contributed by atoms with Crippen LogP contribution in [0.15, 0.2) is 60.7 Å². The Labute approximate surface area is 164 Å². The molecule has 0 saturated carbocycles. The molecule has 0 amide bonds. The number of hydrogen-bond acceptors (Lipinski definition) is 6. The number of benzene rings is 1. The van der Waals surface area contributed by atoms with E-state index in [-0.39, 0.29) is 13.2 Å². The highest BCUT2D eigenvalue weighted by atomic mass is 16.5. The number of ether oxygens (including phenoxy) is 2. The monoisotopic (exact) mass is 380 g/mol. The first-order valence-electron chi connectivity index (χ1n) is 9.11. The van der Waals surface area contributed by atoms with Crippen molar-refractivity contribution in [3.05, 3.63) is 94.6 Å². The lowest BCUT2D eigenvalue weighted by molar-refractivity contribution is 0.102. The van der Waals surface area contributed by atoms with E-state index in [4.69, 9.17) is 19.7 Å². The van der Waals surface area contributed by atoms with Crippen LogP contribution in [0.1, 0.15) is 33.9 Å². The number of aliphatic hydroxyl groups excluding tert-OH is 2. The van der Waals surface area contributed by atoms with Gasteiger partial charge in [-0.05, 0) is 35.4 Å². The lowest BCUT2D eigenvalue weighted by atomic mass is 10.1. The third-order valence-corrected chi connectivity index (χ3v) is 4.11. The van der Waals surface area contributed by atoms with Crippen LogP contribution in [0.5, 0.6) is 0 Å². The van der Waals surface area contributed by atoms with Gasteiger partial charge in [-0.15, -0.1) is 0 Å². The van der Waals surface area contributed by atoms with Gasteiger partial charge in [-0.3, -0.25) is 9.97 Å². The summed E-state index contributed by atoms with van der Waals surface area (Å²) in [6.07, 6.45) is 0. The molecule has 0 bridgehead atoms. The molecular formula is C22H24N2O4. The Hall–Kier alpha value is -2.64. The first-order chi connectivity index (χ1) is 13.8. The molecule has 2 N–H and O–H groups in total. The van der Waals surface area contributed by atoms with Crippen LogP contribution in [0.2, 0.25) is 0 Å². The third kappa shape index (κ3) is 6.21. The molecule has 28 heavy (non-hydrogen) atoms. The molecule has 6 nitrogen and oxygen atoms in total. The Morgan fingerprint density at radius 1 is 0.536 bits per heavy atom. The molecule has 3 rings (SSSR count). The van der Waals surface area contributed by atoms with Crippen LogP contribution in [-0.2, 0) is 49.1 Å². The molecule has 0 spiro atoms. The van der Waals surface area contributed by atoms with Gasteiger partial charge in [-0.1, -0.05) is 36.4 Å². The van der Waals surface area contributed by atoms with Crippen molar-refractivity contribution >= 4 is 0 Å². The average Bonchev–Trinajstić information content (AvgIpc) is 2.75. The van der Waals surface area contributed by atoms with Crippen molar-refractivity contribution in [2.24, 2.45) is 0 Å². The van der Waals surface area contributed by atoms with Gasteiger partial charge in [-0.25, -0.2) is 0 Å². The maximum Gasteiger partial charge on any atom is 0.0892 e. The van der Waals surface area contributed by atoms with E-state index in [0.29, 0.717) is 37.8 Å². The standard InChI is InChI=1S/C22H24N2O4/c25-11-19-3-1-5-21(23-19)15-27-13-17-7-9-18(10-8-17)14-28-16-22-6-2-4-20(12-26)24-22/h1-10,25-26H,11-16H2. The van der Waals surface area contributed by atoms with Crippen molar-refractivity contribution in [1.82, 2.24) is 9.97 Å². The van der Waals surface area contributed by atoms with E-state index in [1.807, 2.05) is 48.5 Å². The van der Waals surface area contributed by atoms with Crippen molar-refractivity contribution in [3.63, 3.8) is 0 Å². The van der Waals surface area contributed by atoms with E-state index in [0.717, 1.165) is 22.5 Å². The predicted octanol–water partition coefficient (Wildman–Crippen LogP) is 2.89. The van der Waals surface area contributed by atoms with Gasteiger partial charge in [-0.2, -0.15) is 0 Å². The molecule has 3 aromatic rings. The molecule has 0 aliphatic carbocycles. The van der Waals surface area contributed by atoms with Crippen LogP contribution in [-0.4, -0.2) is 20.2 Å². The number of aliphatic hydroxyl groups is 2. The largest absolute Gasteiger partial charge is 0.390 e. The third-order valence-electron chi connectivity index (χ3n) is 4.11. The molecule has 0 atom stereocenters. The van der Waals surface area contributed by atoms with Gasteiger partial charge in [0, 0.05) is 0 Å². The number of nitrogens with zero attached hydrogens (tertiary/aromatic N) is 2. The summed E-state index contributed by atoms with van der Waals surface area (Å²) in [5.74, 6) is 0. The molecule has 2 aromatic heterocycles. The number of rotatable bonds is 10. The summed E-state index contributed by atoms with van der Waals surface area (Å²) >= 11 is 0. The van der Waals surface area contributed by atoms with Crippen LogP contribution >= 0.6 is 0 Å². The Kier molecular flexibility index (Phi) is 7.63. The molecule has 0 saturated heterocycles. The van der Waals surface area contributed by atoms with Crippen molar-refractivity contribution in [2.45, 2.75) is 39.6 Å². The van der Waals surface area contributed by atoms with E-state index >= 15 is 0 Å². The van der Waals surface area contributed by atoms with Gasteiger partial charge in [0.2, 0.25) is 0 Å². The molecule has 0 aliphatic heterocycles. The van der Waals surface area contributed by atoms with Gasteiger partial charge >= 0.3 is 0 Å². The minimum Gasteiger partial charge on any atom is -0.390 e. The van der Waals surface area contributed by atoms with Crippen molar-refractivity contribution in [3.8, 4) is 0 Å². The minimum atomic E-state index is -0.0691. The number of hydrogen-bond donors (Lipinski definition) is 2. The second-order valence-corrected chi connectivity index (χ2v) is 6.36. The zero-order chi connectivity index (χ0) is 19.6. The van der Waals surface area contributed by atoms with E-state index in [9.17, 15) is 0 Å². The van der Waals surface area contributed by atoms with Crippen LogP contribution in [0.25, 0.3) is 0 Å². The highest BCUT2D eigenvalue weighted by Gasteiger charge is 2.01. The maximum atomic E-state index is 9.11. The molecule has 0 unspecified atom stereocenters. The molecule has 1 aromatic carbocycles. The van der Waals surface area contributed by atoms with E-state index in [1.165, 1.54) is 0 Å². The summed E-state index contributed by atoms with van der Waals surface area (Å²) in [7, 11) is 0. The molecule has 6 heteroatoms. The topological polar surface area (TPSA) is 84.7 Å². The maximum absolute atomic E-state index is 9.11. The number of pyridine rings is 2.